The van der Waals surface area contributed by atoms with Crippen molar-refractivity contribution in [3.63, 3.8) is 0 Å². The van der Waals surface area contributed by atoms with Gasteiger partial charge in [0, 0.05) is 17.5 Å². The summed E-state index contributed by atoms with van der Waals surface area (Å²) >= 11 is 0.461. The average molecular weight is 217 g/mol. The first-order valence-corrected chi connectivity index (χ1v) is 4.78. The lowest BCUT2D eigenvalue weighted by molar-refractivity contribution is 0.0963. The molecule has 0 aliphatic rings. The van der Waals surface area contributed by atoms with Crippen LogP contribution in [-0.4, -0.2) is 18.7 Å². The van der Waals surface area contributed by atoms with Crippen LogP contribution in [0.5, 0.6) is 0 Å². The van der Waals surface area contributed by atoms with E-state index in [4.69, 9.17) is 0 Å². The summed E-state index contributed by atoms with van der Waals surface area (Å²) in [5, 5.41) is 2.45. The van der Waals surface area contributed by atoms with Gasteiger partial charge in [-0.05, 0) is 24.3 Å². The zero-order valence-corrected chi connectivity index (χ0v) is 8.28. The standard InChI is InChI=1S/C9H9F2NOS/c1-12-8(13)6-2-4-7(5-3-6)14-9(10)11/h2-5,9H,1H3,(H,12,13). The summed E-state index contributed by atoms with van der Waals surface area (Å²) in [4.78, 5) is 11.5. The van der Waals surface area contributed by atoms with Crippen LogP contribution in [0.2, 0.25) is 0 Å². The molecule has 0 radical (unpaired) electrons. The number of hydrogen-bond donors (Lipinski definition) is 1. The van der Waals surface area contributed by atoms with E-state index in [2.05, 4.69) is 5.32 Å². The van der Waals surface area contributed by atoms with E-state index in [-0.39, 0.29) is 5.91 Å². The highest BCUT2D eigenvalue weighted by Crippen LogP contribution is 2.24. The number of rotatable bonds is 3. The molecule has 0 bridgehead atoms. The van der Waals surface area contributed by atoms with Crippen LogP contribution in [0.1, 0.15) is 10.4 Å². The maximum atomic E-state index is 11.9. The lowest BCUT2D eigenvalue weighted by Gasteiger charge is -2.02. The Morgan fingerprint density at radius 1 is 1.36 bits per heavy atom. The first kappa shape index (κ1) is 11.0. The first-order chi connectivity index (χ1) is 6.63. The molecule has 1 amide bonds. The molecule has 0 heterocycles. The van der Waals surface area contributed by atoms with Gasteiger partial charge in [-0.2, -0.15) is 8.78 Å². The van der Waals surface area contributed by atoms with Gasteiger partial charge >= 0.3 is 0 Å². The Morgan fingerprint density at radius 2 is 1.93 bits per heavy atom. The molecule has 0 aliphatic carbocycles. The Labute approximate surface area is 84.7 Å². The van der Waals surface area contributed by atoms with Gasteiger partial charge in [0.05, 0.1) is 0 Å². The van der Waals surface area contributed by atoms with E-state index < -0.39 is 5.76 Å². The molecule has 5 heteroatoms. The van der Waals surface area contributed by atoms with Crippen molar-refractivity contribution < 1.29 is 13.6 Å². The zero-order valence-electron chi connectivity index (χ0n) is 7.46. The topological polar surface area (TPSA) is 29.1 Å². The molecule has 0 unspecified atom stereocenters. The minimum absolute atomic E-state index is 0.224. The van der Waals surface area contributed by atoms with Crippen LogP contribution in [0.3, 0.4) is 0 Å². The van der Waals surface area contributed by atoms with Crippen LogP contribution < -0.4 is 5.32 Å². The van der Waals surface area contributed by atoms with Gasteiger partial charge in [-0.1, -0.05) is 11.8 Å². The third-order valence-electron chi connectivity index (χ3n) is 1.57. The van der Waals surface area contributed by atoms with Gasteiger partial charge in [-0.15, -0.1) is 0 Å². The summed E-state index contributed by atoms with van der Waals surface area (Å²) in [6.45, 7) is 0. The van der Waals surface area contributed by atoms with Crippen molar-refractivity contribution in [2.24, 2.45) is 0 Å². The Kier molecular flexibility index (Phi) is 3.88. The highest BCUT2D eigenvalue weighted by molar-refractivity contribution is 7.99. The predicted octanol–water partition coefficient (Wildman–Crippen LogP) is 2.36. The SMILES string of the molecule is CNC(=O)c1ccc(SC(F)F)cc1. The minimum Gasteiger partial charge on any atom is -0.355 e. The maximum Gasteiger partial charge on any atom is 0.288 e. The van der Waals surface area contributed by atoms with Crippen molar-refractivity contribution in [3.05, 3.63) is 29.8 Å². The Bertz CT molecular complexity index is 313. The van der Waals surface area contributed by atoms with E-state index in [0.717, 1.165) is 0 Å². The number of halogens is 2. The Morgan fingerprint density at radius 3 is 2.36 bits per heavy atom. The molecule has 1 aromatic rings. The molecule has 76 valence electrons. The van der Waals surface area contributed by atoms with E-state index >= 15 is 0 Å². The number of amides is 1. The first-order valence-electron chi connectivity index (χ1n) is 3.90. The Hall–Kier alpha value is -1.10. The molecule has 0 aliphatic heterocycles. The molecule has 1 rings (SSSR count). The smallest absolute Gasteiger partial charge is 0.288 e. The van der Waals surface area contributed by atoms with Crippen LogP contribution in [0, 0.1) is 0 Å². The lowest BCUT2D eigenvalue weighted by atomic mass is 10.2. The highest BCUT2D eigenvalue weighted by Gasteiger charge is 2.06. The van der Waals surface area contributed by atoms with E-state index in [0.29, 0.717) is 22.2 Å². The van der Waals surface area contributed by atoms with E-state index in [1.165, 1.54) is 31.3 Å². The van der Waals surface area contributed by atoms with Crippen LogP contribution in [0.4, 0.5) is 8.78 Å². The molecular weight excluding hydrogens is 208 g/mol. The maximum absolute atomic E-state index is 11.9. The number of carbonyl (C=O) groups excluding carboxylic acids is 1. The fourth-order valence-electron chi connectivity index (χ4n) is 0.932. The fraction of sp³-hybridized carbons (Fsp3) is 0.222. The number of nitrogens with one attached hydrogen (secondary N) is 1. The molecule has 0 saturated heterocycles. The largest absolute Gasteiger partial charge is 0.355 e. The van der Waals surface area contributed by atoms with Gasteiger partial charge in [0.2, 0.25) is 0 Å². The molecule has 1 N–H and O–H groups in total. The summed E-state index contributed by atoms with van der Waals surface area (Å²) in [5.74, 6) is -2.65. The van der Waals surface area contributed by atoms with E-state index in [1.54, 1.807) is 0 Å². The van der Waals surface area contributed by atoms with E-state index in [9.17, 15) is 13.6 Å². The molecule has 0 aromatic heterocycles. The van der Waals surface area contributed by atoms with Gasteiger partial charge in [0.1, 0.15) is 0 Å². The van der Waals surface area contributed by atoms with Gasteiger partial charge in [-0.3, -0.25) is 4.79 Å². The van der Waals surface area contributed by atoms with Crippen molar-refractivity contribution in [3.8, 4) is 0 Å². The van der Waals surface area contributed by atoms with Crippen molar-refractivity contribution in [2.75, 3.05) is 7.05 Å². The third kappa shape index (κ3) is 2.99. The van der Waals surface area contributed by atoms with Crippen LogP contribution in [0.25, 0.3) is 0 Å². The van der Waals surface area contributed by atoms with Gasteiger partial charge in [-0.25, -0.2) is 0 Å². The zero-order chi connectivity index (χ0) is 10.6. The second-order valence-corrected chi connectivity index (χ2v) is 3.55. The number of hydrogen-bond acceptors (Lipinski definition) is 2. The molecule has 0 atom stereocenters. The fourth-order valence-corrected chi connectivity index (χ4v) is 1.43. The summed E-state index contributed by atoms with van der Waals surface area (Å²) in [6, 6.07) is 6.04. The second kappa shape index (κ2) is 4.95. The molecule has 0 spiro atoms. The minimum atomic E-state index is -2.43. The molecule has 2 nitrogen and oxygen atoms in total. The van der Waals surface area contributed by atoms with Crippen LogP contribution >= 0.6 is 11.8 Å². The monoisotopic (exact) mass is 217 g/mol. The quantitative estimate of drug-likeness (QED) is 0.787. The van der Waals surface area contributed by atoms with Gasteiger partial charge < -0.3 is 5.32 Å². The third-order valence-corrected chi connectivity index (χ3v) is 2.29. The number of benzene rings is 1. The normalized spacial score (nSPS) is 10.3. The van der Waals surface area contributed by atoms with Crippen molar-refractivity contribution in [2.45, 2.75) is 10.7 Å². The van der Waals surface area contributed by atoms with Crippen LogP contribution in [0.15, 0.2) is 29.2 Å². The molecule has 0 saturated carbocycles. The number of thioether (sulfide) groups is 1. The molecule has 14 heavy (non-hydrogen) atoms. The van der Waals surface area contributed by atoms with Gasteiger partial charge in [0.25, 0.3) is 11.7 Å². The van der Waals surface area contributed by atoms with Gasteiger partial charge in [0.15, 0.2) is 0 Å². The van der Waals surface area contributed by atoms with Crippen molar-refractivity contribution >= 4 is 17.7 Å². The number of carbonyl (C=O) groups is 1. The Balaban J connectivity index is 2.73. The van der Waals surface area contributed by atoms with Crippen molar-refractivity contribution in [1.82, 2.24) is 5.32 Å². The summed E-state index contributed by atoms with van der Waals surface area (Å²) in [5.41, 5.74) is 0.464. The molecular formula is C9H9F2NOS. The summed E-state index contributed by atoms with van der Waals surface area (Å²) in [7, 11) is 1.52. The van der Waals surface area contributed by atoms with Crippen LogP contribution in [-0.2, 0) is 0 Å². The molecule has 0 fully saturated rings. The van der Waals surface area contributed by atoms with Crippen molar-refractivity contribution in [1.29, 1.82) is 0 Å². The second-order valence-electron chi connectivity index (χ2n) is 2.48. The predicted molar refractivity (Wildman–Crippen MR) is 51.7 cm³/mol. The van der Waals surface area contributed by atoms with E-state index in [1.807, 2.05) is 0 Å². The molecule has 1 aromatic carbocycles. The number of alkyl halides is 2. The summed E-state index contributed by atoms with van der Waals surface area (Å²) in [6.07, 6.45) is 0. The lowest BCUT2D eigenvalue weighted by Crippen LogP contribution is -2.17. The highest BCUT2D eigenvalue weighted by atomic mass is 32.2. The average Bonchev–Trinajstić information content (AvgIpc) is 2.17. The summed E-state index contributed by atoms with van der Waals surface area (Å²) < 4.78 is 23.9.